The van der Waals surface area contributed by atoms with Crippen LogP contribution in [-0.2, 0) is 0 Å². The summed E-state index contributed by atoms with van der Waals surface area (Å²) in [4.78, 5) is 11.3. The molecule has 3 aromatic rings. The predicted molar refractivity (Wildman–Crippen MR) is 86.7 cm³/mol. The minimum Gasteiger partial charge on any atom is -0.507 e. The van der Waals surface area contributed by atoms with Crippen molar-refractivity contribution in [1.82, 2.24) is 10.2 Å². The molecule has 0 spiro atoms. The molecule has 0 aliphatic heterocycles. The number of phenolic OH excluding ortho intramolecular Hbond substituents is 1. The van der Waals surface area contributed by atoms with Gasteiger partial charge in [-0.25, -0.2) is 5.10 Å². The number of phenols is 1. The Balaban J connectivity index is 1.95. The Labute approximate surface area is 130 Å². The van der Waals surface area contributed by atoms with E-state index in [-0.39, 0.29) is 16.5 Å². The Hall–Kier alpha value is -2.86. The molecule has 0 saturated carbocycles. The summed E-state index contributed by atoms with van der Waals surface area (Å²) in [5, 5.41) is 21.7. The number of anilines is 1. The molecule has 3 rings (SSSR count). The molecule has 0 aliphatic carbocycles. The van der Waals surface area contributed by atoms with E-state index in [9.17, 15) is 9.90 Å². The zero-order valence-corrected chi connectivity index (χ0v) is 12.0. The summed E-state index contributed by atoms with van der Waals surface area (Å²) in [5.74, 6) is 0.111. The van der Waals surface area contributed by atoms with E-state index < -0.39 is 5.56 Å². The van der Waals surface area contributed by atoms with Gasteiger partial charge in [0.1, 0.15) is 16.5 Å². The number of fused-ring (bicyclic) bond motifs is 1. The van der Waals surface area contributed by atoms with E-state index in [0.717, 1.165) is 10.8 Å². The zero-order valence-electron chi connectivity index (χ0n) is 11.2. The maximum atomic E-state index is 11.3. The normalized spacial score (nSPS) is 11.1. The van der Waals surface area contributed by atoms with Gasteiger partial charge in [0.25, 0.3) is 5.56 Å². The highest BCUT2D eigenvalue weighted by atomic mass is 35.5. The van der Waals surface area contributed by atoms with Crippen LogP contribution in [0.2, 0.25) is 5.02 Å². The first-order chi connectivity index (χ1) is 10.7. The van der Waals surface area contributed by atoms with Crippen molar-refractivity contribution in [3.63, 3.8) is 0 Å². The highest BCUT2D eigenvalue weighted by Gasteiger charge is 2.05. The molecular formula is C15H11ClN4O2. The van der Waals surface area contributed by atoms with Crippen LogP contribution in [0.15, 0.2) is 52.5 Å². The maximum Gasteiger partial charge on any atom is 0.285 e. The van der Waals surface area contributed by atoms with Crippen LogP contribution in [-0.4, -0.2) is 21.5 Å². The van der Waals surface area contributed by atoms with Crippen LogP contribution in [0.1, 0.15) is 5.56 Å². The summed E-state index contributed by atoms with van der Waals surface area (Å²) in [5.41, 5.74) is 2.98. The fraction of sp³-hybridized carbons (Fsp3) is 0. The highest BCUT2D eigenvalue weighted by molar-refractivity contribution is 6.32. The summed E-state index contributed by atoms with van der Waals surface area (Å²) in [7, 11) is 0. The van der Waals surface area contributed by atoms with Crippen molar-refractivity contribution in [3.05, 3.63) is 63.5 Å². The number of aromatic hydroxyl groups is 1. The van der Waals surface area contributed by atoms with Gasteiger partial charge in [0, 0.05) is 5.56 Å². The smallest absolute Gasteiger partial charge is 0.285 e. The number of halogens is 1. The number of hydrazone groups is 1. The minimum atomic E-state index is -0.505. The van der Waals surface area contributed by atoms with Crippen molar-refractivity contribution in [1.29, 1.82) is 0 Å². The average Bonchev–Trinajstić information content (AvgIpc) is 2.53. The average molecular weight is 315 g/mol. The fourth-order valence-corrected chi connectivity index (χ4v) is 2.18. The van der Waals surface area contributed by atoms with Gasteiger partial charge < -0.3 is 5.11 Å². The minimum absolute atomic E-state index is 0.0331. The van der Waals surface area contributed by atoms with E-state index >= 15 is 0 Å². The number of nitrogens with zero attached hydrogens (tertiary/aromatic N) is 2. The Morgan fingerprint density at radius 1 is 1.27 bits per heavy atom. The Morgan fingerprint density at radius 3 is 2.95 bits per heavy atom. The topological polar surface area (TPSA) is 90.4 Å². The monoisotopic (exact) mass is 314 g/mol. The summed E-state index contributed by atoms with van der Waals surface area (Å²) in [6.07, 6.45) is 2.82. The molecular weight excluding hydrogens is 304 g/mol. The van der Waals surface area contributed by atoms with Gasteiger partial charge in [-0.15, -0.1) is 0 Å². The first kappa shape index (κ1) is 14.1. The van der Waals surface area contributed by atoms with Crippen LogP contribution in [0.4, 0.5) is 5.69 Å². The van der Waals surface area contributed by atoms with Gasteiger partial charge in [0.15, 0.2) is 0 Å². The van der Waals surface area contributed by atoms with E-state index in [1.54, 1.807) is 6.07 Å². The van der Waals surface area contributed by atoms with Gasteiger partial charge in [0.2, 0.25) is 0 Å². The van der Waals surface area contributed by atoms with Crippen LogP contribution >= 0.6 is 11.6 Å². The van der Waals surface area contributed by atoms with Crippen LogP contribution in [0.5, 0.6) is 5.75 Å². The van der Waals surface area contributed by atoms with Crippen LogP contribution in [0.3, 0.4) is 0 Å². The van der Waals surface area contributed by atoms with Crippen molar-refractivity contribution >= 4 is 34.3 Å². The molecule has 0 fully saturated rings. The molecule has 1 aromatic heterocycles. The van der Waals surface area contributed by atoms with Gasteiger partial charge in [-0.2, -0.15) is 10.2 Å². The highest BCUT2D eigenvalue weighted by Crippen LogP contribution is 2.25. The van der Waals surface area contributed by atoms with Gasteiger partial charge in [-0.05, 0) is 16.8 Å². The fourth-order valence-electron chi connectivity index (χ4n) is 2.05. The van der Waals surface area contributed by atoms with Gasteiger partial charge in [0.05, 0.1) is 12.4 Å². The Bertz CT molecular complexity index is 921. The number of benzene rings is 2. The van der Waals surface area contributed by atoms with Crippen molar-refractivity contribution < 1.29 is 5.11 Å². The molecule has 2 aromatic carbocycles. The summed E-state index contributed by atoms with van der Waals surface area (Å²) < 4.78 is 0. The summed E-state index contributed by atoms with van der Waals surface area (Å²) in [6, 6.07) is 11.1. The summed E-state index contributed by atoms with van der Waals surface area (Å²) in [6.45, 7) is 0. The van der Waals surface area contributed by atoms with E-state index in [1.807, 2.05) is 30.3 Å². The van der Waals surface area contributed by atoms with Gasteiger partial charge in [-0.1, -0.05) is 41.9 Å². The first-order valence-electron chi connectivity index (χ1n) is 6.40. The molecule has 0 amide bonds. The lowest BCUT2D eigenvalue weighted by molar-refractivity contribution is 0.475. The molecule has 110 valence electrons. The second kappa shape index (κ2) is 5.87. The molecule has 0 unspecified atom stereocenters. The third-order valence-electron chi connectivity index (χ3n) is 3.12. The third-order valence-corrected chi connectivity index (χ3v) is 3.50. The van der Waals surface area contributed by atoms with E-state index in [2.05, 4.69) is 20.7 Å². The molecule has 0 bridgehead atoms. The zero-order chi connectivity index (χ0) is 15.5. The molecule has 7 heteroatoms. The van der Waals surface area contributed by atoms with Gasteiger partial charge >= 0.3 is 0 Å². The first-order valence-corrected chi connectivity index (χ1v) is 6.77. The quantitative estimate of drug-likeness (QED) is 0.512. The predicted octanol–water partition coefficient (Wildman–Crippen LogP) is 2.73. The van der Waals surface area contributed by atoms with Crippen molar-refractivity contribution in [3.8, 4) is 5.75 Å². The largest absolute Gasteiger partial charge is 0.507 e. The number of H-pyrrole nitrogens is 1. The maximum absolute atomic E-state index is 11.3. The van der Waals surface area contributed by atoms with E-state index in [4.69, 9.17) is 11.6 Å². The number of hydrogen-bond acceptors (Lipinski definition) is 5. The van der Waals surface area contributed by atoms with E-state index in [1.165, 1.54) is 12.4 Å². The lowest BCUT2D eigenvalue weighted by atomic mass is 10.0. The number of hydrogen-bond donors (Lipinski definition) is 3. The molecule has 0 radical (unpaired) electrons. The molecule has 1 heterocycles. The SMILES string of the molecule is O=c1[nH]ncc(N/N=C\c2c(O)ccc3ccccc23)c1Cl. The molecule has 0 aliphatic rings. The van der Waals surface area contributed by atoms with Gasteiger partial charge in [-0.3, -0.25) is 10.2 Å². The Morgan fingerprint density at radius 2 is 2.09 bits per heavy atom. The standard InChI is InChI=1S/C15H11ClN4O2/c16-14-12(8-18-20-15(14)22)19-17-7-11-10-4-2-1-3-9(10)5-6-13(11)21/h1-8,21H,(H2,19,20,22)/b17-7-. The lowest BCUT2D eigenvalue weighted by Gasteiger charge is -2.05. The van der Waals surface area contributed by atoms with Crippen molar-refractivity contribution in [2.45, 2.75) is 0 Å². The molecule has 0 atom stereocenters. The van der Waals surface area contributed by atoms with Crippen LogP contribution in [0, 0.1) is 0 Å². The second-order valence-electron chi connectivity index (χ2n) is 4.52. The van der Waals surface area contributed by atoms with Crippen LogP contribution < -0.4 is 11.0 Å². The third kappa shape index (κ3) is 2.64. The second-order valence-corrected chi connectivity index (χ2v) is 4.89. The number of aromatic amines is 1. The number of aromatic nitrogens is 2. The van der Waals surface area contributed by atoms with Crippen LogP contribution in [0.25, 0.3) is 10.8 Å². The molecule has 22 heavy (non-hydrogen) atoms. The number of rotatable bonds is 3. The molecule has 6 nitrogen and oxygen atoms in total. The van der Waals surface area contributed by atoms with Crippen molar-refractivity contribution in [2.75, 3.05) is 5.43 Å². The summed E-state index contributed by atoms with van der Waals surface area (Å²) >= 11 is 5.83. The number of nitrogens with one attached hydrogen (secondary N) is 2. The lowest BCUT2D eigenvalue weighted by Crippen LogP contribution is -2.10. The van der Waals surface area contributed by atoms with E-state index in [0.29, 0.717) is 5.56 Å². The molecule has 3 N–H and O–H groups in total. The molecule has 0 saturated heterocycles. The Kier molecular flexibility index (Phi) is 3.76. The van der Waals surface area contributed by atoms with Crippen molar-refractivity contribution in [2.24, 2.45) is 5.10 Å².